The number of sulfonamides is 1. The van der Waals surface area contributed by atoms with Gasteiger partial charge in [0.05, 0.1) is 13.0 Å². The number of amides is 2. The van der Waals surface area contributed by atoms with E-state index >= 15 is 0 Å². The van der Waals surface area contributed by atoms with Crippen molar-refractivity contribution in [3.05, 3.63) is 42.2 Å². The van der Waals surface area contributed by atoms with E-state index in [2.05, 4.69) is 17.2 Å². The average Bonchev–Trinajstić information content (AvgIpc) is 3.35. The Morgan fingerprint density at radius 2 is 1.88 bits per heavy atom. The van der Waals surface area contributed by atoms with Crippen LogP contribution in [0, 0.1) is 11.8 Å². The average molecular weight is 489 g/mol. The Morgan fingerprint density at radius 3 is 2.62 bits per heavy atom. The first-order valence-electron chi connectivity index (χ1n) is 11.7. The van der Waals surface area contributed by atoms with E-state index in [-0.39, 0.29) is 28.9 Å². The third kappa shape index (κ3) is 5.28. The van der Waals surface area contributed by atoms with Gasteiger partial charge in [-0.25, -0.2) is 8.42 Å². The van der Waals surface area contributed by atoms with Crippen molar-refractivity contribution >= 4 is 27.5 Å². The van der Waals surface area contributed by atoms with Crippen LogP contribution in [0.2, 0.25) is 0 Å². The molecule has 1 aromatic heterocycles. The number of carbonyl (C=O) groups excluding carboxylic acids is 2. The maximum absolute atomic E-state index is 13.3. The summed E-state index contributed by atoms with van der Waals surface area (Å²) in [6.45, 7) is 3.96. The van der Waals surface area contributed by atoms with Crippen LogP contribution >= 0.6 is 0 Å². The van der Waals surface area contributed by atoms with Crippen LogP contribution in [0.1, 0.15) is 43.1 Å². The number of methoxy groups -OCH3 is 1. The second kappa shape index (κ2) is 10.2. The number of nitrogens with one attached hydrogen (secondary N) is 2. The van der Waals surface area contributed by atoms with Crippen molar-refractivity contribution in [2.75, 3.05) is 38.6 Å². The van der Waals surface area contributed by atoms with E-state index in [4.69, 9.17) is 4.74 Å². The van der Waals surface area contributed by atoms with E-state index in [1.54, 1.807) is 36.3 Å². The van der Waals surface area contributed by atoms with Crippen LogP contribution in [0.3, 0.4) is 0 Å². The Hall–Kier alpha value is -2.85. The molecule has 0 unspecified atom stereocenters. The van der Waals surface area contributed by atoms with Gasteiger partial charge in [0, 0.05) is 44.1 Å². The minimum Gasteiger partial charge on any atom is -0.497 e. The Labute approximate surface area is 200 Å². The molecule has 2 fully saturated rings. The summed E-state index contributed by atoms with van der Waals surface area (Å²) >= 11 is 0. The molecule has 34 heavy (non-hydrogen) atoms. The van der Waals surface area contributed by atoms with Gasteiger partial charge in [-0.15, -0.1) is 0 Å². The van der Waals surface area contributed by atoms with Gasteiger partial charge in [-0.05, 0) is 49.8 Å². The van der Waals surface area contributed by atoms with Crippen LogP contribution in [-0.2, 0) is 14.8 Å². The first kappa shape index (κ1) is 24.3. The molecule has 0 aliphatic carbocycles. The van der Waals surface area contributed by atoms with Gasteiger partial charge in [-0.1, -0.05) is 13.0 Å². The topological polar surface area (TPSA) is 112 Å². The minimum atomic E-state index is -3.83. The van der Waals surface area contributed by atoms with Crippen LogP contribution < -0.4 is 10.1 Å². The minimum absolute atomic E-state index is 0.0510. The second-order valence-electron chi connectivity index (χ2n) is 9.15. The lowest BCUT2D eigenvalue weighted by molar-refractivity contribution is -0.120. The first-order chi connectivity index (χ1) is 16.3. The fourth-order valence-electron chi connectivity index (χ4n) is 4.50. The molecule has 2 aliphatic rings. The lowest BCUT2D eigenvalue weighted by Gasteiger charge is -2.31. The molecule has 0 bridgehead atoms. The number of rotatable bonds is 6. The third-order valence-electron chi connectivity index (χ3n) is 6.69. The largest absolute Gasteiger partial charge is 0.497 e. The number of nitrogens with zero attached hydrogens (tertiary/aromatic N) is 2. The summed E-state index contributed by atoms with van der Waals surface area (Å²) in [5.74, 6) is 0.351. The highest BCUT2D eigenvalue weighted by atomic mass is 32.2. The molecule has 0 spiro atoms. The van der Waals surface area contributed by atoms with Gasteiger partial charge < -0.3 is 19.9 Å². The summed E-state index contributed by atoms with van der Waals surface area (Å²) in [5, 5.41) is 2.86. The highest BCUT2D eigenvalue weighted by Gasteiger charge is 2.34. The number of anilines is 1. The van der Waals surface area contributed by atoms with Gasteiger partial charge in [0.25, 0.3) is 5.91 Å². The molecular formula is C24H32N4O5S. The quantitative estimate of drug-likeness (QED) is 0.649. The molecule has 4 rings (SSSR count). The Morgan fingerprint density at radius 1 is 1.12 bits per heavy atom. The maximum Gasteiger partial charge on any atom is 0.270 e. The monoisotopic (exact) mass is 488 g/mol. The van der Waals surface area contributed by atoms with E-state index in [1.807, 2.05) is 0 Å². The number of piperidine rings is 2. The Balaban J connectivity index is 1.42. The zero-order valence-electron chi connectivity index (χ0n) is 19.6. The number of benzene rings is 1. The SMILES string of the molecule is COc1cccc(NC(=O)[C@@H]2CCCN(S(=O)(=O)c3c[nH]c(C(=O)N4CCC(C)CC4)c3)C2)c1. The van der Waals surface area contributed by atoms with Crippen molar-refractivity contribution in [1.82, 2.24) is 14.2 Å². The standard InChI is InChI=1S/C24H32N4O5S/c1-17-8-11-27(12-9-17)24(30)22-14-21(15-25-22)34(31,32)28-10-4-5-18(16-28)23(29)26-19-6-3-7-20(13-19)33-2/h3,6-7,13-15,17-18,25H,4-5,8-12,16H2,1-2H3,(H,26,29)/t18-/m1/s1. The number of hydrogen-bond acceptors (Lipinski definition) is 5. The van der Waals surface area contributed by atoms with E-state index < -0.39 is 15.9 Å². The number of carbonyl (C=O) groups is 2. The van der Waals surface area contributed by atoms with E-state index in [1.165, 1.54) is 16.6 Å². The lowest BCUT2D eigenvalue weighted by atomic mass is 9.98. The number of ether oxygens (including phenoxy) is 1. The zero-order valence-corrected chi connectivity index (χ0v) is 20.4. The molecule has 2 saturated heterocycles. The highest BCUT2D eigenvalue weighted by molar-refractivity contribution is 7.89. The number of aromatic nitrogens is 1. The second-order valence-corrected chi connectivity index (χ2v) is 11.1. The Bertz CT molecular complexity index is 1140. The van der Waals surface area contributed by atoms with Crippen molar-refractivity contribution in [1.29, 1.82) is 0 Å². The molecule has 1 aromatic carbocycles. The number of likely N-dealkylation sites (tertiary alicyclic amines) is 1. The molecule has 9 nitrogen and oxygen atoms in total. The van der Waals surface area contributed by atoms with Crippen molar-refractivity contribution < 1.29 is 22.7 Å². The van der Waals surface area contributed by atoms with E-state index in [0.29, 0.717) is 49.8 Å². The number of hydrogen-bond donors (Lipinski definition) is 2. The fraction of sp³-hybridized carbons (Fsp3) is 0.500. The zero-order chi connectivity index (χ0) is 24.3. The van der Waals surface area contributed by atoms with Gasteiger partial charge in [0.2, 0.25) is 15.9 Å². The molecule has 10 heteroatoms. The fourth-order valence-corrected chi connectivity index (χ4v) is 6.02. The molecule has 2 amide bonds. The van der Waals surface area contributed by atoms with Crippen molar-refractivity contribution in [3.63, 3.8) is 0 Å². The van der Waals surface area contributed by atoms with Crippen LogP contribution in [0.5, 0.6) is 5.75 Å². The predicted octanol–water partition coefficient (Wildman–Crippen LogP) is 2.93. The summed E-state index contributed by atoms with van der Waals surface area (Å²) in [5.41, 5.74) is 0.877. The highest BCUT2D eigenvalue weighted by Crippen LogP contribution is 2.27. The summed E-state index contributed by atoms with van der Waals surface area (Å²) in [6, 6.07) is 8.46. The molecule has 3 heterocycles. The van der Waals surface area contributed by atoms with Crippen molar-refractivity contribution in [3.8, 4) is 5.75 Å². The molecule has 2 aromatic rings. The molecule has 2 aliphatic heterocycles. The van der Waals surface area contributed by atoms with Gasteiger partial charge in [0.15, 0.2) is 0 Å². The van der Waals surface area contributed by atoms with E-state index in [0.717, 1.165) is 12.8 Å². The van der Waals surface area contributed by atoms with Crippen molar-refractivity contribution in [2.45, 2.75) is 37.5 Å². The third-order valence-corrected chi connectivity index (χ3v) is 8.53. The van der Waals surface area contributed by atoms with Crippen LogP contribution in [0.4, 0.5) is 5.69 Å². The van der Waals surface area contributed by atoms with Gasteiger partial charge in [0.1, 0.15) is 16.3 Å². The first-order valence-corrected chi connectivity index (χ1v) is 13.1. The normalized spacial score (nSPS) is 20.2. The molecule has 2 N–H and O–H groups in total. The molecule has 184 valence electrons. The summed E-state index contributed by atoms with van der Waals surface area (Å²) < 4.78 is 33.1. The number of aromatic amines is 1. The number of H-pyrrole nitrogens is 1. The smallest absolute Gasteiger partial charge is 0.270 e. The van der Waals surface area contributed by atoms with Crippen LogP contribution in [-0.4, -0.2) is 67.7 Å². The summed E-state index contributed by atoms with van der Waals surface area (Å²) in [7, 11) is -2.28. The molecular weight excluding hydrogens is 456 g/mol. The van der Waals surface area contributed by atoms with Crippen LogP contribution in [0.25, 0.3) is 0 Å². The summed E-state index contributed by atoms with van der Waals surface area (Å²) in [4.78, 5) is 30.3. The van der Waals surface area contributed by atoms with E-state index in [9.17, 15) is 18.0 Å². The maximum atomic E-state index is 13.3. The van der Waals surface area contributed by atoms with Crippen molar-refractivity contribution in [2.24, 2.45) is 11.8 Å². The van der Waals surface area contributed by atoms with Gasteiger partial charge in [-0.3, -0.25) is 9.59 Å². The van der Waals surface area contributed by atoms with Crippen LogP contribution in [0.15, 0.2) is 41.4 Å². The summed E-state index contributed by atoms with van der Waals surface area (Å²) in [6.07, 6.45) is 4.45. The lowest BCUT2D eigenvalue weighted by Crippen LogP contribution is -2.43. The molecule has 0 saturated carbocycles. The van der Waals surface area contributed by atoms with Gasteiger partial charge >= 0.3 is 0 Å². The van der Waals surface area contributed by atoms with Gasteiger partial charge in [-0.2, -0.15) is 4.31 Å². The molecule has 1 atom stereocenters. The Kier molecular flexibility index (Phi) is 7.27. The molecule has 0 radical (unpaired) electrons. The predicted molar refractivity (Wildman–Crippen MR) is 128 cm³/mol.